The number of nitrogens with one attached hydrogen (secondary N) is 2. The molecule has 0 radical (unpaired) electrons. The molecule has 0 aromatic heterocycles. The smallest absolute Gasteiger partial charge is 0.319 e. The molecule has 0 unspecified atom stereocenters. The van der Waals surface area contributed by atoms with E-state index in [1.807, 2.05) is 13.8 Å². The van der Waals surface area contributed by atoms with Crippen LogP contribution in [0.1, 0.15) is 24.0 Å². The van der Waals surface area contributed by atoms with Crippen molar-refractivity contribution in [3.05, 3.63) is 68.2 Å². The highest BCUT2D eigenvalue weighted by molar-refractivity contribution is 8.03. The van der Waals surface area contributed by atoms with Crippen LogP contribution < -0.4 is 15.4 Å². The number of carbonyl (C=O) groups excluding carboxylic acids is 3. The predicted octanol–water partition coefficient (Wildman–Crippen LogP) is 4.81. The van der Waals surface area contributed by atoms with Gasteiger partial charge < -0.3 is 20.1 Å². The lowest BCUT2D eigenvalue weighted by atomic mass is 9.78. The van der Waals surface area contributed by atoms with Crippen molar-refractivity contribution in [2.45, 2.75) is 19.8 Å². The summed E-state index contributed by atoms with van der Waals surface area (Å²) in [6, 6.07) is 12.0. The first-order valence-electron chi connectivity index (χ1n) is 10.8. The van der Waals surface area contributed by atoms with Crippen LogP contribution in [0.25, 0.3) is 0 Å². The number of methoxy groups -OCH3 is 1. The SMILES string of the molecule is CCOc1ccc([C@H]2C(C#N)=C(SCC(=O)Nc3ccc(C)c(Cl)c3)NC(=O)[C@H]2C(=O)OC)cc1Cl. The molecule has 1 heterocycles. The van der Waals surface area contributed by atoms with E-state index in [0.717, 1.165) is 17.3 Å². The summed E-state index contributed by atoms with van der Waals surface area (Å²) < 4.78 is 10.3. The van der Waals surface area contributed by atoms with E-state index in [2.05, 4.69) is 16.7 Å². The van der Waals surface area contributed by atoms with Gasteiger partial charge >= 0.3 is 5.97 Å². The van der Waals surface area contributed by atoms with Gasteiger partial charge in [-0.05, 0) is 49.2 Å². The van der Waals surface area contributed by atoms with Gasteiger partial charge in [-0.1, -0.05) is 47.1 Å². The van der Waals surface area contributed by atoms with Crippen LogP contribution in [0, 0.1) is 24.2 Å². The number of hydrogen-bond donors (Lipinski definition) is 2. The van der Waals surface area contributed by atoms with Crippen LogP contribution in [-0.4, -0.2) is 37.3 Å². The molecule has 8 nitrogen and oxygen atoms in total. The highest BCUT2D eigenvalue weighted by Crippen LogP contribution is 2.42. The molecule has 0 saturated heterocycles. The lowest BCUT2D eigenvalue weighted by Gasteiger charge is -2.31. The minimum absolute atomic E-state index is 0.105. The summed E-state index contributed by atoms with van der Waals surface area (Å²) in [5.41, 5.74) is 1.97. The molecule has 3 rings (SSSR count). The number of allylic oxidation sites excluding steroid dienone is 1. The van der Waals surface area contributed by atoms with Gasteiger partial charge in [-0.3, -0.25) is 14.4 Å². The van der Waals surface area contributed by atoms with Gasteiger partial charge in [0.2, 0.25) is 11.8 Å². The first kappa shape index (κ1) is 27.4. The Bertz CT molecular complexity index is 1270. The summed E-state index contributed by atoms with van der Waals surface area (Å²) in [5.74, 6) is -3.77. The molecule has 188 valence electrons. The molecule has 2 N–H and O–H groups in total. The van der Waals surface area contributed by atoms with E-state index in [1.165, 1.54) is 7.11 Å². The zero-order valence-electron chi connectivity index (χ0n) is 19.7. The number of hydrogen-bond acceptors (Lipinski definition) is 7. The molecule has 0 aliphatic carbocycles. The number of anilines is 1. The molecule has 2 aromatic rings. The summed E-state index contributed by atoms with van der Waals surface area (Å²) in [6.45, 7) is 4.06. The quantitative estimate of drug-likeness (QED) is 0.359. The number of nitriles is 1. The van der Waals surface area contributed by atoms with Crippen LogP contribution in [0.15, 0.2) is 47.0 Å². The Morgan fingerprint density at radius 1 is 1.19 bits per heavy atom. The van der Waals surface area contributed by atoms with Crippen LogP contribution in [0.2, 0.25) is 10.0 Å². The van der Waals surface area contributed by atoms with Crippen molar-refractivity contribution in [3.63, 3.8) is 0 Å². The zero-order valence-corrected chi connectivity index (χ0v) is 22.0. The van der Waals surface area contributed by atoms with Gasteiger partial charge in [-0.15, -0.1) is 0 Å². The second-order valence-electron chi connectivity index (χ2n) is 7.75. The van der Waals surface area contributed by atoms with Crippen molar-refractivity contribution in [1.82, 2.24) is 5.32 Å². The van der Waals surface area contributed by atoms with Crippen LogP contribution in [0.4, 0.5) is 5.69 Å². The van der Waals surface area contributed by atoms with E-state index < -0.39 is 23.7 Å². The second-order valence-corrected chi connectivity index (χ2v) is 9.55. The van der Waals surface area contributed by atoms with Crippen molar-refractivity contribution in [1.29, 1.82) is 5.26 Å². The molecular formula is C25H23Cl2N3O5S. The van der Waals surface area contributed by atoms with Crippen molar-refractivity contribution in [3.8, 4) is 11.8 Å². The molecule has 2 atom stereocenters. The Balaban J connectivity index is 1.91. The van der Waals surface area contributed by atoms with Crippen LogP contribution >= 0.6 is 35.0 Å². The largest absolute Gasteiger partial charge is 0.492 e. The fraction of sp³-hybridized carbons (Fsp3) is 0.280. The topological polar surface area (TPSA) is 118 Å². The van der Waals surface area contributed by atoms with E-state index in [9.17, 15) is 19.6 Å². The van der Waals surface area contributed by atoms with Gasteiger partial charge in [-0.2, -0.15) is 5.26 Å². The molecule has 0 saturated carbocycles. The van der Waals surface area contributed by atoms with E-state index >= 15 is 0 Å². The molecule has 0 bridgehead atoms. The van der Waals surface area contributed by atoms with Gasteiger partial charge in [0.15, 0.2) is 0 Å². The monoisotopic (exact) mass is 547 g/mol. The van der Waals surface area contributed by atoms with Crippen LogP contribution in [0.3, 0.4) is 0 Å². The minimum Gasteiger partial charge on any atom is -0.492 e. The maximum atomic E-state index is 13.0. The van der Waals surface area contributed by atoms with E-state index in [1.54, 1.807) is 36.4 Å². The number of aryl methyl sites for hydroxylation is 1. The highest BCUT2D eigenvalue weighted by Gasteiger charge is 2.44. The molecular weight excluding hydrogens is 525 g/mol. The predicted molar refractivity (Wildman–Crippen MR) is 139 cm³/mol. The van der Waals surface area contributed by atoms with E-state index in [-0.39, 0.29) is 27.3 Å². The second kappa shape index (κ2) is 12.2. The summed E-state index contributed by atoms with van der Waals surface area (Å²) in [7, 11) is 1.17. The van der Waals surface area contributed by atoms with Gasteiger partial charge in [0.1, 0.15) is 11.7 Å². The molecule has 0 spiro atoms. The maximum absolute atomic E-state index is 13.0. The van der Waals surface area contributed by atoms with Gasteiger partial charge in [0, 0.05) is 16.6 Å². The Morgan fingerprint density at radius 2 is 1.94 bits per heavy atom. The van der Waals surface area contributed by atoms with Gasteiger partial charge in [0.25, 0.3) is 0 Å². The molecule has 11 heteroatoms. The number of nitrogens with zero attached hydrogens (tertiary/aromatic N) is 1. The maximum Gasteiger partial charge on any atom is 0.319 e. The van der Waals surface area contributed by atoms with Crippen LogP contribution in [-0.2, 0) is 19.1 Å². The third kappa shape index (κ3) is 6.13. The minimum atomic E-state index is -1.31. The molecule has 0 fully saturated rings. The summed E-state index contributed by atoms with van der Waals surface area (Å²) in [6.07, 6.45) is 0. The Kier molecular flexibility index (Phi) is 9.26. The van der Waals surface area contributed by atoms with Gasteiger partial charge in [0.05, 0.1) is 41.2 Å². The van der Waals surface area contributed by atoms with Crippen molar-refractivity contribution < 1.29 is 23.9 Å². The Hall–Kier alpha value is -3.19. The number of thioether (sulfide) groups is 1. The number of esters is 1. The molecule has 1 aliphatic rings. The summed E-state index contributed by atoms with van der Waals surface area (Å²) in [4.78, 5) is 38.1. The standard InChI is InChI=1S/C25H23Cl2N3O5S/c1-4-35-19-8-6-14(9-18(19)27)21-16(11-28)24(30-23(32)22(21)25(33)34-3)36-12-20(31)29-15-7-5-13(2)17(26)10-15/h5-10,21-22H,4,12H2,1-3H3,(H,29,31)(H,30,32)/t21-,22-/m0/s1. The lowest BCUT2D eigenvalue weighted by Crippen LogP contribution is -2.44. The fourth-order valence-corrected chi connectivity index (χ4v) is 4.94. The Morgan fingerprint density at radius 3 is 2.56 bits per heavy atom. The first-order chi connectivity index (χ1) is 17.2. The fourth-order valence-electron chi connectivity index (χ4n) is 3.67. The number of ether oxygens (including phenoxy) is 2. The van der Waals surface area contributed by atoms with Gasteiger partial charge in [-0.25, -0.2) is 0 Å². The summed E-state index contributed by atoms with van der Waals surface area (Å²) >= 11 is 13.4. The third-order valence-corrected chi connectivity index (χ3v) is 7.12. The molecule has 2 amide bonds. The van der Waals surface area contributed by atoms with Crippen molar-refractivity contribution in [2.24, 2.45) is 5.92 Å². The summed E-state index contributed by atoms with van der Waals surface area (Å²) in [5, 5.41) is 16.3. The highest BCUT2D eigenvalue weighted by atomic mass is 35.5. The normalized spacial score (nSPS) is 17.2. The van der Waals surface area contributed by atoms with E-state index in [4.69, 9.17) is 32.7 Å². The molecule has 36 heavy (non-hydrogen) atoms. The average Bonchev–Trinajstić information content (AvgIpc) is 2.85. The first-order valence-corrected chi connectivity index (χ1v) is 12.6. The molecule has 2 aromatic carbocycles. The number of carbonyl (C=O) groups is 3. The molecule has 1 aliphatic heterocycles. The third-order valence-electron chi connectivity index (χ3n) is 5.40. The van der Waals surface area contributed by atoms with E-state index in [0.29, 0.717) is 28.6 Å². The number of rotatable bonds is 8. The number of benzene rings is 2. The number of halogens is 2. The van der Waals surface area contributed by atoms with Crippen molar-refractivity contribution >= 4 is 58.4 Å². The number of amides is 2. The lowest BCUT2D eigenvalue weighted by molar-refractivity contribution is -0.150. The Labute approximate surface area is 222 Å². The zero-order chi connectivity index (χ0) is 26.4. The van der Waals surface area contributed by atoms with Crippen LogP contribution in [0.5, 0.6) is 5.75 Å². The average molecular weight is 548 g/mol. The van der Waals surface area contributed by atoms with Crippen molar-refractivity contribution in [2.75, 3.05) is 24.8 Å².